The molecule has 30 heavy (non-hydrogen) atoms. The SMILES string of the molecule is Cc1nnc(NC(=O)c2cc([C@@H]3C[C@H]3NCC3CCOCC3)c3ccccc3c2)s1. The Morgan fingerprint density at radius 2 is 2.03 bits per heavy atom. The Balaban J connectivity index is 1.34. The fourth-order valence-electron chi connectivity index (χ4n) is 4.33. The van der Waals surface area contributed by atoms with Crippen molar-refractivity contribution >= 4 is 33.1 Å². The molecule has 2 aromatic carbocycles. The second-order valence-corrected chi connectivity index (χ2v) is 9.46. The molecule has 2 N–H and O–H groups in total. The molecule has 1 saturated heterocycles. The first kappa shape index (κ1) is 19.6. The Morgan fingerprint density at radius 3 is 2.83 bits per heavy atom. The summed E-state index contributed by atoms with van der Waals surface area (Å²) >= 11 is 1.38. The van der Waals surface area contributed by atoms with E-state index in [1.165, 1.54) is 22.3 Å². The van der Waals surface area contributed by atoms with E-state index in [1.54, 1.807) is 0 Å². The van der Waals surface area contributed by atoms with Crippen LogP contribution in [0.3, 0.4) is 0 Å². The Hall–Kier alpha value is -2.35. The van der Waals surface area contributed by atoms with Crippen molar-refractivity contribution in [3.8, 4) is 0 Å². The molecule has 2 heterocycles. The number of amides is 1. The summed E-state index contributed by atoms with van der Waals surface area (Å²) in [6.45, 7) is 4.70. The fraction of sp³-hybridized carbons (Fsp3) is 0.435. The van der Waals surface area contributed by atoms with Gasteiger partial charge in [-0.2, -0.15) is 0 Å². The van der Waals surface area contributed by atoms with Gasteiger partial charge in [-0.1, -0.05) is 35.6 Å². The third kappa shape index (κ3) is 4.24. The summed E-state index contributed by atoms with van der Waals surface area (Å²) in [4.78, 5) is 12.9. The van der Waals surface area contributed by atoms with Gasteiger partial charge in [0.1, 0.15) is 5.01 Å². The molecule has 5 rings (SSSR count). The van der Waals surface area contributed by atoms with Gasteiger partial charge in [0.15, 0.2) is 0 Å². The number of rotatable bonds is 6. The zero-order chi connectivity index (χ0) is 20.5. The number of nitrogens with one attached hydrogen (secondary N) is 2. The average molecular weight is 423 g/mol. The van der Waals surface area contributed by atoms with Crippen LogP contribution in [0, 0.1) is 12.8 Å². The molecule has 3 aromatic rings. The molecule has 2 aliphatic rings. The largest absolute Gasteiger partial charge is 0.381 e. The number of nitrogens with zero attached hydrogens (tertiary/aromatic N) is 2. The second-order valence-electron chi connectivity index (χ2n) is 8.28. The van der Waals surface area contributed by atoms with Crippen LogP contribution in [0.25, 0.3) is 10.8 Å². The number of hydrogen-bond acceptors (Lipinski definition) is 6. The van der Waals surface area contributed by atoms with Gasteiger partial charge >= 0.3 is 0 Å². The Morgan fingerprint density at radius 1 is 1.20 bits per heavy atom. The molecule has 1 saturated carbocycles. The lowest BCUT2D eigenvalue weighted by atomic mass is 9.97. The quantitative estimate of drug-likeness (QED) is 0.625. The van der Waals surface area contributed by atoms with Crippen LogP contribution in [0.15, 0.2) is 36.4 Å². The van der Waals surface area contributed by atoms with Gasteiger partial charge in [-0.25, -0.2) is 0 Å². The third-order valence-electron chi connectivity index (χ3n) is 6.10. The highest BCUT2D eigenvalue weighted by Crippen LogP contribution is 2.44. The summed E-state index contributed by atoms with van der Waals surface area (Å²) in [5.74, 6) is 1.03. The van der Waals surface area contributed by atoms with Crippen LogP contribution in [0.1, 0.15) is 46.1 Å². The number of fused-ring (bicyclic) bond motifs is 1. The van der Waals surface area contributed by atoms with E-state index >= 15 is 0 Å². The Labute approximate surface area is 180 Å². The van der Waals surface area contributed by atoms with E-state index < -0.39 is 0 Å². The highest BCUT2D eigenvalue weighted by Gasteiger charge is 2.39. The molecule has 0 spiro atoms. The number of anilines is 1. The number of benzene rings is 2. The molecule has 2 atom stereocenters. The maximum absolute atomic E-state index is 12.9. The first-order valence-electron chi connectivity index (χ1n) is 10.6. The molecule has 6 nitrogen and oxygen atoms in total. The van der Waals surface area contributed by atoms with Gasteiger partial charge in [0.2, 0.25) is 5.13 Å². The molecule has 7 heteroatoms. The highest BCUT2D eigenvalue weighted by molar-refractivity contribution is 7.15. The first-order valence-corrected chi connectivity index (χ1v) is 11.4. The standard InChI is InChI=1S/C23H26N4O2S/c1-14-26-27-23(30-14)25-22(28)17-10-16-4-2-3-5-18(16)19(11-17)20-12-21(20)24-13-15-6-8-29-9-7-15/h2-5,10-11,15,20-21,24H,6-9,12-13H2,1H3,(H,25,27,28)/t20-,21+/m0/s1. The van der Waals surface area contributed by atoms with Gasteiger partial charge in [0.25, 0.3) is 5.91 Å². The number of hydrogen-bond donors (Lipinski definition) is 2. The minimum absolute atomic E-state index is 0.134. The maximum Gasteiger partial charge on any atom is 0.257 e. The van der Waals surface area contributed by atoms with E-state index in [4.69, 9.17) is 4.74 Å². The molecule has 0 unspecified atom stereocenters. The van der Waals surface area contributed by atoms with Crippen molar-refractivity contribution in [3.05, 3.63) is 52.5 Å². The summed E-state index contributed by atoms with van der Waals surface area (Å²) in [6.07, 6.45) is 3.41. The van der Waals surface area contributed by atoms with Crippen molar-refractivity contribution in [3.63, 3.8) is 0 Å². The summed E-state index contributed by atoms with van der Waals surface area (Å²) in [5, 5.41) is 18.3. The summed E-state index contributed by atoms with van der Waals surface area (Å²) in [7, 11) is 0. The second kappa shape index (κ2) is 8.41. The van der Waals surface area contributed by atoms with Gasteiger partial charge in [-0.3, -0.25) is 10.1 Å². The summed E-state index contributed by atoms with van der Waals surface area (Å²) in [6, 6.07) is 12.9. The lowest BCUT2D eigenvalue weighted by Crippen LogP contribution is -2.29. The van der Waals surface area contributed by atoms with Gasteiger partial charge in [-0.15, -0.1) is 10.2 Å². The highest BCUT2D eigenvalue weighted by atomic mass is 32.1. The average Bonchev–Trinajstić information content (AvgIpc) is 3.44. The van der Waals surface area contributed by atoms with E-state index in [-0.39, 0.29) is 5.91 Å². The Kier molecular flexibility index (Phi) is 5.50. The predicted octanol–water partition coefficient (Wildman–Crippen LogP) is 4.12. The van der Waals surface area contributed by atoms with Crippen LogP contribution in [0.5, 0.6) is 0 Å². The normalized spacial score (nSPS) is 21.6. The summed E-state index contributed by atoms with van der Waals surface area (Å²) in [5.41, 5.74) is 1.93. The van der Waals surface area contributed by atoms with Crippen molar-refractivity contribution in [2.45, 2.75) is 38.1 Å². The molecule has 1 aromatic heterocycles. The van der Waals surface area contributed by atoms with Gasteiger partial charge < -0.3 is 10.1 Å². The van der Waals surface area contributed by atoms with E-state index in [9.17, 15) is 4.79 Å². The lowest BCUT2D eigenvalue weighted by Gasteiger charge is -2.22. The smallest absolute Gasteiger partial charge is 0.257 e. The number of aromatic nitrogens is 2. The van der Waals surface area contributed by atoms with Gasteiger partial charge in [0.05, 0.1) is 0 Å². The van der Waals surface area contributed by atoms with Crippen LogP contribution in [0.2, 0.25) is 0 Å². The van der Waals surface area contributed by atoms with Crippen LogP contribution in [-0.2, 0) is 4.74 Å². The predicted molar refractivity (Wildman–Crippen MR) is 119 cm³/mol. The van der Waals surface area contributed by atoms with E-state index in [0.717, 1.165) is 49.4 Å². The topological polar surface area (TPSA) is 76.1 Å². The molecule has 0 bridgehead atoms. The van der Waals surface area contributed by atoms with Crippen molar-refractivity contribution < 1.29 is 9.53 Å². The molecule has 1 aliphatic heterocycles. The molecular weight excluding hydrogens is 396 g/mol. The molecule has 1 aliphatic carbocycles. The zero-order valence-electron chi connectivity index (χ0n) is 17.1. The first-order chi connectivity index (χ1) is 14.7. The maximum atomic E-state index is 12.9. The van der Waals surface area contributed by atoms with Crippen molar-refractivity contribution in [1.29, 1.82) is 0 Å². The summed E-state index contributed by atoms with van der Waals surface area (Å²) < 4.78 is 5.47. The number of ether oxygens (including phenoxy) is 1. The van der Waals surface area contributed by atoms with E-state index in [2.05, 4.69) is 45.1 Å². The molecule has 156 valence electrons. The van der Waals surface area contributed by atoms with E-state index in [1.807, 2.05) is 19.1 Å². The van der Waals surface area contributed by atoms with E-state index in [0.29, 0.717) is 28.6 Å². The van der Waals surface area contributed by atoms with Gasteiger partial charge in [-0.05, 0) is 67.1 Å². The van der Waals surface area contributed by atoms with Crippen molar-refractivity contribution in [2.24, 2.45) is 5.92 Å². The van der Waals surface area contributed by atoms with Crippen LogP contribution in [0.4, 0.5) is 5.13 Å². The van der Waals surface area contributed by atoms with Gasteiger partial charge in [0, 0.05) is 30.7 Å². The molecule has 0 radical (unpaired) electrons. The lowest BCUT2D eigenvalue weighted by molar-refractivity contribution is 0.0662. The van der Waals surface area contributed by atoms with Crippen LogP contribution >= 0.6 is 11.3 Å². The Bertz CT molecular complexity index is 1060. The molecular formula is C23H26N4O2S. The van der Waals surface area contributed by atoms with Crippen LogP contribution < -0.4 is 10.6 Å². The minimum atomic E-state index is -0.134. The van der Waals surface area contributed by atoms with Crippen molar-refractivity contribution in [2.75, 3.05) is 25.1 Å². The molecule has 2 fully saturated rings. The van der Waals surface area contributed by atoms with Crippen LogP contribution in [-0.4, -0.2) is 41.9 Å². The number of aryl methyl sites for hydroxylation is 1. The molecule has 1 amide bonds. The number of carbonyl (C=O) groups is 1. The number of carbonyl (C=O) groups excluding carboxylic acids is 1. The fourth-order valence-corrected chi connectivity index (χ4v) is 4.91. The van der Waals surface area contributed by atoms with Crippen molar-refractivity contribution in [1.82, 2.24) is 15.5 Å². The zero-order valence-corrected chi connectivity index (χ0v) is 17.9. The third-order valence-corrected chi connectivity index (χ3v) is 6.86. The minimum Gasteiger partial charge on any atom is -0.381 e. The monoisotopic (exact) mass is 422 g/mol.